The molecular weight excluding hydrogens is 468 g/mol. The van der Waals surface area contributed by atoms with Crippen LogP contribution >= 0.6 is 0 Å². The number of hydrogen-bond donors (Lipinski definition) is 1. The minimum atomic E-state index is 0.0535. The summed E-state index contributed by atoms with van der Waals surface area (Å²) in [5.74, 6) is 1.21. The number of aromatic hydroxyl groups is 1. The van der Waals surface area contributed by atoms with Gasteiger partial charge in [-0.05, 0) is 32.0 Å². The van der Waals surface area contributed by atoms with Gasteiger partial charge in [-0.15, -0.1) is 0 Å². The molecule has 0 bridgehead atoms. The average Bonchev–Trinajstić information content (AvgIpc) is 2.91. The Morgan fingerprint density at radius 2 is 1.86 bits per heavy atom. The van der Waals surface area contributed by atoms with Crippen LogP contribution in [0.2, 0.25) is 0 Å². The molecule has 0 atom stereocenters. The lowest BCUT2D eigenvalue weighted by Gasteiger charge is -2.38. The van der Waals surface area contributed by atoms with E-state index < -0.39 is 0 Å². The Kier molecular flexibility index (Phi) is 7.14. The van der Waals surface area contributed by atoms with Crippen LogP contribution in [0.4, 0.5) is 11.5 Å². The molecule has 0 saturated carbocycles. The molecule has 0 unspecified atom stereocenters. The van der Waals surface area contributed by atoms with E-state index in [9.17, 15) is 9.90 Å². The van der Waals surface area contributed by atoms with E-state index in [1.165, 1.54) is 0 Å². The summed E-state index contributed by atoms with van der Waals surface area (Å²) in [5.41, 5.74) is 3.06. The summed E-state index contributed by atoms with van der Waals surface area (Å²) >= 11 is 0. The highest BCUT2D eigenvalue weighted by Crippen LogP contribution is 2.36. The first-order chi connectivity index (χ1) is 17.9. The number of ether oxygens (including phenoxy) is 1. The summed E-state index contributed by atoms with van der Waals surface area (Å²) in [6.45, 7) is 4.85. The number of phenols is 1. The average molecular weight is 503 g/mol. The van der Waals surface area contributed by atoms with Gasteiger partial charge in [0.15, 0.2) is 0 Å². The van der Waals surface area contributed by atoms with E-state index in [1.807, 2.05) is 54.2 Å². The molecule has 2 aliphatic rings. The molecule has 1 aromatic heterocycles. The highest BCUT2D eigenvalue weighted by Gasteiger charge is 2.29. The number of methoxy groups -OCH3 is 1. The maximum Gasteiger partial charge on any atom is 0.318 e. The largest absolute Gasteiger partial charge is 0.508 e. The molecule has 3 aromatic rings. The van der Waals surface area contributed by atoms with Gasteiger partial charge in [0.05, 0.1) is 19.3 Å². The summed E-state index contributed by atoms with van der Waals surface area (Å²) in [5, 5.41) is 12.5. The number of nitrogens with zero attached hydrogens (tertiary/aromatic N) is 6. The van der Waals surface area contributed by atoms with Crippen LogP contribution < -0.4 is 14.5 Å². The van der Waals surface area contributed by atoms with E-state index in [-0.39, 0.29) is 11.7 Å². The number of benzene rings is 2. The molecule has 0 aliphatic carbocycles. The fourth-order valence-corrected chi connectivity index (χ4v) is 5.09. The quantitative estimate of drug-likeness (QED) is 0.515. The van der Waals surface area contributed by atoms with Gasteiger partial charge in [-0.25, -0.2) is 0 Å². The van der Waals surface area contributed by atoms with Gasteiger partial charge in [-0.3, -0.25) is 4.79 Å². The molecular formula is C28H34N6O3. The van der Waals surface area contributed by atoms with Crippen LogP contribution in [-0.2, 0) is 17.8 Å². The molecule has 2 aromatic carbocycles. The van der Waals surface area contributed by atoms with Crippen molar-refractivity contribution in [1.29, 1.82) is 0 Å². The first-order valence-corrected chi connectivity index (χ1v) is 12.7. The van der Waals surface area contributed by atoms with Crippen molar-refractivity contribution in [3.8, 4) is 11.8 Å². The predicted octanol–water partition coefficient (Wildman–Crippen LogP) is 2.67. The zero-order valence-electron chi connectivity index (χ0n) is 21.7. The summed E-state index contributed by atoms with van der Waals surface area (Å²) < 4.78 is 5.48. The smallest absolute Gasteiger partial charge is 0.318 e. The number of anilines is 2. The molecule has 9 nitrogen and oxygen atoms in total. The van der Waals surface area contributed by atoms with Gasteiger partial charge in [-0.1, -0.05) is 30.3 Å². The number of likely N-dealkylation sites (N-methyl/N-ethyl adjacent to an activating group) is 1. The first-order valence-electron chi connectivity index (χ1n) is 12.7. The van der Waals surface area contributed by atoms with Crippen LogP contribution in [0.3, 0.4) is 0 Å². The van der Waals surface area contributed by atoms with E-state index in [4.69, 9.17) is 14.7 Å². The topological polar surface area (TPSA) is 85.3 Å². The third kappa shape index (κ3) is 5.32. The van der Waals surface area contributed by atoms with Crippen molar-refractivity contribution >= 4 is 28.2 Å². The number of amides is 1. The highest BCUT2D eigenvalue weighted by atomic mass is 16.5. The minimum Gasteiger partial charge on any atom is -0.508 e. The molecule has 3 heterocycles. The van der Waals surface area contributed by atoms with Crippen LogP contribution in [0.25, 0.3) is 10.8 Å². The Labute approximate surface area is 217 Å². The van der Waals surface area contributed by atoms with Gasteiger partial charge in [0.1, 0.15) is 11.6 Å². The van der Waals surface area contributed by atoms with E-state index in [1.54, 1.807) is 19.3 Å². The van der Waals surface area contributed by atoms with Crippen molar-refractivity contribution in [2.24, 2.45) is 0 Å². The molecule has 1 saturated heterocycles. The zero-order valence-corrected chi connectivity index (χ0v) is 21.7. The normalized spacial score (nSPS) is 16.1. The SMILES string of the molecule is COc1nc2c(c(N3CCN(C(=O)/C=C/CN(C)C)CC3)n1)CCN(c1cc(O)cc3ccccc13)C2. The third-order valence-corrected chi connectivity index (χ3v) is 6.99. The Balaban J connectivity index is 1.36. The van der Waals surface area contributed by atoms with Crippen LogP contribution in [0.15, 0.2) is 48.6 Å². The van der Waals surface area contributed by atoms with Gasteiger partial charge in [0.25, 0.3) is 0 Å². The maximum atomic E-state index is 12.6. The molecule has 194 valence electrons. The number of piperazine rings is 1. The van der Waals surface area contributed by atoms with Crippen LogP contribution in [0.1, 0.15) is 11.3 Å². The van der Waals surface area contributed by atoms with Crippen LogP contribution in [-0.4, -0.2) is 91.3 Å². The standard InChI is InChI=1S/C28H34N6O3/c1-31(2)11-6-9-26(36)32-13-15-33(16-14-32)27-23-10-12-34(19-24(23)29-28(30-27)37-3)25-18-21(35)17-20-7-4-5-8-22(20)25/h4-9,17-18,35H,10-16,19H2,1-3H3/b9-6+. The van der Waals surface area contributed by atoms with Crippen molar-refractivity contribution in [3.63, 3.8) is 0 Å². The van der Waals surface area contributed by atoms with Crippen LogP contribution in [0.5, 0.6) is 11.8 Å². The number of rotatable bonds is 6. The number of carbonyl (C=O) groups is 1. The third-order valence-electron chi connectivity index (χ3n) is 6.99. The number of aromatic nitrogens is 2. The lowest BCUT2D eigenvalue weighted by molar-refractivity contribution is -0.126. The highest BCUT2D eigenvalue weighted by molar-refractivity contribution is 5.95. The molecule has 0 radical (unpaired) electrons. The summed E-state index contributed by atoms with van der Waals surface area (Å²) in [6, 6.07) is 12.1. The molecule has 1 N–H and O–H groups in total. The number of carbonyl (C=O) groups excluding carboxylic acids is 1. The number of hydrogen-bond acceptors (Lipinski definition) is 8. The van der Waals surface area contributed by atoms with Crippen molar-refractivity contribution in [3.05, 3.63) is 59.8 Å². The first kappa shape index (κ1) is 24.8. The molecule has 37 heavy (non-hydrogen) atoms. The predicted molar refractivity (Wildman–Crippen MR) is 145 cm³/mol. The lowest BCUT2D eigenvalue weighted by Crippen LogP contribution is -2.49. The molecule has 1 fully saturated rings. The molecule has 9 heteroatoms. The monoisotopic (exact) mass is 502 g/mol. The minimum absolute atomic E-state index is 0.0535. The van der Waals surface area contributed by atoms with E-state index >= 15 is 0 Å². The van der Waals surface area contributed by atoms with Crippen molar-refractivity contribution in [2.45, 2.75) is 13.0 Å². The summed E-state index contributed by atoms with van der Waals surface area (Å²) in [7, 11) is 5.55. The second kappa shape index (κ2) is 10.6. The Morgan fingerprint density at radius 3 is 2.62 bits per heavy atom. The van der Waals surface area contributed by atoms with Gasteiger partial charge in [0.2, 0.25) is 5.91 Å². The molecule has 1 amide bonds. The van der Waals surface area contributed by atoms with Crippen LogP contribution in [0, 0.1) is 0 Å². The van der Waals surface area contributed by atoms with Crippen molar-refractivity contribution in [1.82, 2.24) is 19.8 Å². The number of fused-ring (bicyclic) bond motifs is 2. The Hall–Kier alpha value is -3.85. The number of phenolic OH excluding ortho intramolecular Hbond substituents is 1. The molecule has 0 spiro atoms. The van der Waals surface area contributed by atoms with Gasteiger partial charge < -0.3 is 29.4 Å². The lowest BCUT2D eigenvalue weighted by atomic mass is 10.0. The molecule has 5 rings (SSSR count). The fraction of sp³-hybridized carbons (Fsp3) is 0.393. The van der Waals surface area contributed by atoms with Gasteiger partial charge >= 0.3 is 6.01 Å². The Bertz CT molecular complexity index is 1320. The van der Waals surface area contributed by atoms with E-state index in [0.29, 0.717) is 38.7 Å². The maximum absolute atomic E-state index is 12.6. The van der Waals surface area contributed by atoms with Crippen molar-refractivity contribution in [2.75, 3.05) is 70.3 Å². The second-order valence-corrected chi connectivity index (χ2v) is 9.79. The zero-order chi connectivity index (χ0) is 25.9. The van der Waals surface area contributed by atoms with Crippen molar-refractivity contribution < 1.29 is 14.6 Å². The van der Waals surface area contributed by atoms with E-state index in [0.717, 1.165) is 53.0 Å². The summed E-state index contributed by atoms with van der Waals surface area (Å²) in [4.78, 5) is 30.5. The van der Waals surface area contributed by atoms with E-state index in [2.05, 4.69) is 15.9 Å². The fourth-order valence-electron chi connectivity index (χ4n) is 5.09. The second-order valence-electron chi connectivity index (χ2n) is 9.79. The van der Waals surface area contributed by atoms with Gasteiger partial charge in [0, 0.05) is 68.0 Å². The van der Waals surface area contributed by atoms with Gasteiger partial charge in [-0.2, -0.15) is 9.97 Å². The summed E-state index contributed by atoms with van der Waals surface area (Å²) in [6.07, 6.45) is 4.36. The molecule has 2 aliphatic heterocycles. The Morgan fingerprint density at radius 1 is 1.08 bits per heavy atom.